The van der Waals surface area contributed by atoms with Gasteiger partial charge in [-0.25, -0.2) is 9.97 Å². The topological polar surface area (TPSA) is 63.5 Å². The van der Waals surface area contributed by atoms with Crippen LogP contribution < -0.4 is 15.4 Å². The van der Waals surface area contributed by atoms with Crippen molar-refractivity contribution in [2.75, 3.05) is 25.5 Å². The highest BCUT2D eigenvalue weighted by Gasteiger charge is 2.65. The number of hydrogen-bond donors (Lipinski definition) is 2. The minimum absolute atomic E-state index is 0.0667. The molecule has 2 aliphatic carbocycles. The van der Waals surface area contributed by atoms with Crippen LogP contribution in [0.4, 0.5) is 19.0 Å². The molecular weight excluding hydrogens is 419 g/mol. The van der Waals surface area contributed by atoms with E-state index in [1.165, 1.54) is 26.1 Å². The van der Waals surface area contributed by atoms with Crippen LogP contribution in [0.2, 0.25) is 0 Å². The van der Waals surface area contributed by atoms with Gasteiger partial charge in [-0.2, -0.15) is 13.2 Å². The average Bonchev–Trinajstić information content (AvgIpc) is 3.66. The number of nitrogens with one attached hydrogen (secondary N) is 2. The van der Waals surface area contributed by atoms with Gasteiger partial charge in [0.15, 0.2) is 0 Å². The van der Waals surface area contributed by atoms with Gasteiger partial charge in [0.25, 0.3) is 0 Å². The Morgan fingerprint density at radius 2 is 2.03 bits per heavy atom. The van der Waals surface area contributed by atoms with Gasteiger partial charge in [-0.3, -0.25) is 4.40 Å². The molecule has 0 radical (unpaired) electrons. The highest BCUT2D eigenvalue weighted by Crippen LogP contribution is 2.61. The zero-order valence-corrected chi connectivity index (χ0v) is 17.7. The maximum Gasteiger partial charge on any atom is 0.398 e. The number of fused-ring (bicyclic) bond motifs is 1. The Morgan fingerprint density at radius 1 is 1.22 bits per heavy atom. The maximum atomic E-state index is 13.9. The van der Waals surface area contributed by atoms with Crippen LogP contribution in [0.3, 0.4) is 0 Å². The van der Waals surface area contributed by atoms with Crippen molar-refractivity contribution in [1.82, 2.24) is 19.7 Å². The zero-order chi connectivity index (χ0) is 22.1. The lowest BCUT2D eigenvalue weighted by atomic mass is 9.96. The fourth-order valence-corrected chi connectivity index (χ4v) is 5.08. The van der Waals surface area contributed by atoms with Crippen LogP contribution in [0.25, 0.3) is 17.0 Å². The van der Waals surface area contributed by atoms with E-state index >= 15 is 0 Å². The van der Waals surface area contributed by atoms with Gasteiger partial charge in [0.2, 0.25) is 0 Å². The van der Waals surface area contributed by atoms with Crippen LogP contribution in [-0.2, 0) is 5.41 Å². The summed E-state index contributed by atoms with van der Waals surface area (Å²) in [7, 11) is 1.40. The fourth-order valence-electron chi connectivity index (χ4n) is 5.08. The molecule has 6 rings (SSSR count). The molecule has 9 heteroatoms. The van der Waals surface area contributed by atoms with Crippen LogP contribution in [0, 0.1) is 5.41 Å². The first-order chi connectivity index (χ1) is 15.4. The van der Waals surface area contributed by atoms with E-state index in [0.29, 0.717) is 28.5 Å². The Balaban J connectivity index is 1.39. The summed E-state index contributed by atoms with van der Waals surface area (Å²) < 4.78 is 48.6. The van der Waals surface area contributed by atoms with Crippen molar-refractivity contribution in [3.05, 3.63) is 42.2 Å². The van der Waals surface area contributed by atoms with E-state index in [1.807, 2.05) is 18.2 Å². The van der Waals surface area contributed by atoms with E-state index in [9.17, 15) is 13.2 Å². The first-order valence-corrected chi connectivity index (χ1v) is 10.9. The smallest absolute Gasteiger partial charge is 0.398 e. The SMILES string of the molecule is COc1cc2ncc(-c3cccc(NC4CNCC45CC5)n3)n2cc1C1(C(F)(F)F)CC1. The molecule has 4 heterocycles. The van der Waals surface area contributed by atoms with Crippen molar-refractivity contribution in [3.63, 3.8) is 0 Å². The number of nitrogens with zero attached hydrogens (tertiary/aromatic N) is 3. The third-order valence-electron chi connectivity index (χ3n) is 7.43. The zero-order valence-electron chi connectivity index (χ0n) is 17.7. The maximum absolute atomic E-state index is 13.9. The van der Waals surface area contributed by atoms with Gasteiger partial charge in [-0.05, 0) is 37.8 Å². The molecular formula is C23H24F3N5O. The number of methoxy groups -OCH3 is 1. The molecule has 6 nitrogen and oxygen atoms in total. The number of hydrogen-bond acceptors (Lipinski definition) is 5. The van der Waals surface area contributed by atoms with E-state index in [-0.39, 0.29) is 24.2 Å². The van der Waals surface area contributed by atoms with Crippen LogP contribution in [0.1, 0.15) is 31.2 Å². The third kappa shape index (κ3) is 2.90. The van der Waals surface area contributed by atoms with Crippen molar-refractivity contribution in [2.45, 2.75) is 43.3 Å². The lowest BCUT2D eigenvalue weighted by Gasteiger charge is -2.22. The van der Waals surface area contributed by atoms with Crippen molar-refractivity contribution in [3.8, 4) is 17.1 Å². The van der Waals surface area contributed by atoms with Gasteiger partial charge in [0.1, 0.15) is 17.2 Å². The Labute approximate surface area is 183 Å². The molecule has 0 amide bonds. The van der Waals surface area contributed by atoms with Crippen LogP contribution in [0.15, 0.2) is 36.7 Å². The predicted molar refractivity (Wildman–Crippen MR) is 114 cm³/mol. The molecule has 0 aromatic carbocycles. The van der Waals surface area contributed by atoms with E-state index in [4.69, 9.17) is 9.72 Å². The Bertz CT molecular complexity index is 1200. The second-order valence-corrected chi connectivity index (χ2v) is 9.31. The number of imidazole rings is 1. The van der Waals surface area contributed by atoms with Gasteiger partial charge in [-0.1, -0.05) is 6.07 Å². The standard InChI is InChI=1S/C23H24F3N5O/c1-32-17-9-20-28-10-16(31(20)12-14(17)22(7-8-22)23(24,25)26)15-3-2-4-19(29-15)30-18-11-27-13-21(18)5-6-21/h2-4,9-10,12,18,27H,5-8,11,13H2,1H3,(H,29,30). The number of alkyl halides is 3. The molecule has 3 aromatic heterocycles. The molecule has 3 aliphatic rings. The molecule has 168 valence electrons. The minimum Gasteiger partial charge on any atom is -0.496 e. The second kappa shape index (κ2) is 6.60. The van der Waals surface area contributed by atoms with E-state index < -0.39 is 11.6 Å². The first-order valence-electron chi connectivity index (χ1n) is 10.9. The number of anilines is 1. The molecule has 0 bridgehead atoms. The number of ether oxygens (including phenoxy) is 1. The number of halogens is 3. The summed E-state index contributed by atoms with van der Waals surface area (Å²) in [6.45, 7) is 1.94. The molecule has 32 heavy (non-hydrogen) atoms. The van der Waals surface area contributed by atoms with E-state index in [2.05, 4.69) is 15.6 Å². The van der Waals surface area contributed by atoms with Gasteiger partial charge >= 0.3 is 6.18 Å². The average molecular weight is 443 g/mol. The Kier molecular flexibility index (Phi) is 4.09. The van der Waals surface area contributed by atoms with Gasteiger partial charge in [-0.15, -0.1) is 0 Å². The Morgan fingerprint density at radius 3 is 2.72 bits per heavy atom. The van der Waals surface area contributed by atoms with Crippen molar-refractivity contribution >= 4 is 11.5 Å². The summed E-state index contributed by atoms with van der Waals surface area (Å²) >= 11 is 0. The highest BCUT2D eigenvalue weighted by molar-refractivity contribution is 5.64. The van der Waals surface area contributed by atoms with Gasteiger partial charge in [0.05, 0.1) is 30.1 Å². The summed E-state index contributed by atoms with van der Waals surface area (Å²) in [6.07, 6.45) is 1.42. The predicted octanol–water partition coefficient (Wildman–Crippen LogP) is 4.16. The lowest BCUT2D eigenvalue weighted by Crippen LogP contribution is -2.29. The normalized spacial score (nSPS) is 22.9. The fraction of sp³-hybridized carbons (Fsp3) is 0.478. The van der Waals surface area contributed by atoms with Crippen LogP contribution >= 0.6 is 0 Å². The monoisotopic (exact) mass is 443 g/mol. The molecule has 3 aromatic rings. The molecule has 1 aliphatic heterocycles. The van der Waals surface area contributed by atoms with Crippen molar-refractivity contribution in [1.29, 1.82) is 0 Å². The second-order valence-electron chi connectivity index (χ2n) is 9.31. The molecule has 1 atom stereocenters. The first kappa shape index (κ1) is 19.8. The Hall–Kier alpha value is -2.81. The van der Waals surface area contributed by atoms with E-state index in [1.54, 1.807) is 16.7 Å². The van der Waals surface area contributed by atoms with Crippen molar-refractivity contribution in [2.24, 2.45) is 5.41 Å². The number of pyridine rings is 2. The molecule has 1 unspecified atom stereocenters. The summed E-state index contributed by atoms with van der Waals surface area (Å²) in [5, 5.41) is 7.01. The van der Waals surface area contributed by atoms with Crippen molar-refractivity contribution < 1.29 is 17.9 Å². The summed E-state index contributed by atoms with van der Waals surface area (Å²) in [5.74, 6) is 0.983. The molecule has 1 saturated heterocycles. The summed E-state index contributed by atoms with van der Waals surface area (Å²) in [5.41, 5.74) is 0.473. The number of aromatic nitrogens is 3. The minimum atomic E-state index is -4.33. The quantitative estimate of drug-likeness (QED) is 0.620. The molecule has 2 N–H and O–H groups in total. The van der Waals surface area contributed by atoms with Gasteiger partial charge in [0, 0.05) is 42.4 Å². The largest absolute Gasteiger partial charge is 0.496 e. The molecule has 1 spiro atoms. The van der Waals surface area contributed by atoms with Crippen LogP contribution in [0.5, 0.6) is 5.75 Å². The molecule has 2 saturated carbocycles. The van der Waals surface area contributed by atoms with Gasteiger partial charge < -0.3 is 15.4 Å². The number of rotatable bonds is 5. The third-order valence-corrected chi connectivity index (χ3v) is 7.43. The molecule has 3 fully saturated rings. The van der Waals surface area contributed by atoms with Crippen LogP contribution in [-0.4, -0.2) is 46.8 Å². The lowest BCUT2D eigenvalue weighted by molar-refractivity contribution is -0.161. The van der Waals surface area contributed by atoms with E-state index in [0.717, 1.165) is 18.9 Å². The summed E-state index contributed by atoms with van der Waals surface area (Å²) in [6, 6.07) is 7.61. The highest BCUT2D eigenvalue weighted by atomic mass is 19.4. The summed E-state index contributed by atoms with van der Waals surface area (Å²) in [4.78, 5) is 9.17.